The second-order valence-electron chi connectivity index (χ2n) is 8.36. The van der Waals surface area contributed by atoms with Crippen molar-refractivity contribution in [1.29, 1.82) is 0 Å². The van der Waals surface area contributed by atoms with E-state index >= 15 is 0 Å². The van der Waals surface area contributed by atoms with Crippen molar-refractivity contribution in [3.63, 3.8) is 0 Å². The SMILES string of the molecule is CC[C@H]1CN(C(=O)c2ccc(F)cc2)CC[C@H]1CC(=O)N1CCC(C(=O)OC)CC1. The molecule has 0 spiro atoms. The Morgan fingerprint density at radius 1 is 1.00 bits per heavy atom. The van der Waals surface area contributed by atoms with E-state index in [0.29, 0.717) is 51.0 Å². The lowest BCUT2D eigenvalue weighted by atomic mass is 9.81. The summed E-state index contributed by atoms with van der Waals surface area (Å²) in [6.07, 6.45) is 3.48. The smallest absolute Gasteiger partial charge is 0.308 e. The third-order valence-corrected chi connectivity index (χ3v) is 6.61. The van der Waals surface area contributed by atoms with Gasteiger partial charge in [0.15, 0.2) is 0 Å². The molecule has 2 heterocycles. The molecule has 30 heavy (non-hydrogen) atoms. The van der Waals surface area contributed by atoms with E-state index in [2.05, 4.69) is 6.92 Å². The van der Waals surface area contributed by atoms with Crippen LogP contribution in [0.1, 0.15) is 49.4 Å². The topological polar surface area (TPSA) is 66.9 Å². The number of carbonyl (C=O) groups is 3. The van der Waals surface area contributed by atoms with Crippen LogP contribution in [0.5, 0.6) is 0 Å². The fourth-order valence-corrected chi connectivity index (χ4v) is 4.66. The predicted octanol–water partition coefficient (Wildman–Crippen LogP) is 3.12. The van der Waals surface area contributed by atoms with E-state index in [1.165, 1.54) is 31.4 Å². The average Bonchev–Trinajstić information content (AvgIpc) is 2.78. The summed E-state index contributed by atoms with van der Waals surface area (Å²) < 4.78 is 17.9. The first-order valence-electron chi connectivity index (χ1n) is 10.8. The largest absolute Gasteiger partial charge is 0.469 e. The summed E-state index contributed by atoms with van der Waals surface area (Å²) >= 11 is 0. The van der Waals surface area contributed by atoms with Gasteiger partial charge in [0, 0.05) is 38.2 Å². The molecule has 2 aliphatic rings. The number of likely N-dealkylation sites (tertiary alicyclic amines) is 2. The number of esters is 1. The van der Waals surface area contributed by atoms with E-state index < -0.39 is 0 Å². The van der Waals surface area contributed by atoms with Crippen LogP contribution in [0, 0.1) is 23.6 Å². The predicted molar refractivity (Wildman–Crippen MR) is 110 cm³/mol. The fourth-order valence-electron chi connectivity index (χ4n) is 4.66. The number of ether oxygens (including phenoxy) is 1. The molecule has 2 saturated heterocycles. The van der Waals surface area contributed by atoms with Crippen LogP contribution in [-0.2, 0) is 14.3 Å². The van der Waals surface area contributed by atoms with Crippen molar-refractivity contribution in [3.8, 4) is 0 Å². The Morgan fingerprint density at radius 3 is 2.23 bits per heavy atom. The van der Waals surface area contributed by atoms with Crippen LogP contribution in [0.3, 0.4) is 0 Å². The maximum absolute atomic E-state index is 13.1. The summed E-state index contributed by atoms with van der Waals surface area (Å²) in [5.41, 5.74) is 0.495. The molecular formula is C23H31FN2O4. The second-order valence-corrected chi connectivity index (χ2v) is 8.36. The number of rotatable bonds is 5. The number of hydrogen-bond donors (Lipinski definition) is 0. The van der Waals surface area contributed by atoms with E-state index in [-0.39, 0.29) is 41.4 Å². The van der Waals surface area contributed by atoms with Gasteiger partial charge in [-0.1, -0.05) is 13.3 Å². The molecule has 0 unspecified atom stereocenters. The molecule has 0 saturated carbocycles. The second kappa shape index (κ2) is 10.0. The number of hydrogen-bond acceptors (Lipinski definition) is 4. The Bertz CT molecular complexity index is 759. The van der Waals surface area contributed by atoms with Crippen molar-refractivity contribution in [2.45, 2.75) is 39.0 Å². The monoisotopic (exact) mass is 418 g/mol. The first-order valence-corrected chi connectivity index (χ1v) is 10.8. The molecule has 2 atom stereocenters. The molecule has 0 aromatic heterocycles. The molecule has 7 heteroatoms. The van der Waals surface area contributed by atoms with Gasteiger partial charge < -0.3 is 14.5 Å². The van der Waals surface area contributed by atoms with Gasteiger partial charge in [-0.25, -0.2) is 4.39 Å². The van der Waals surface area contributed by atoms with Crippen molar-refractivity contribution in [2.75, 3.05) is 33.3 Å². The molecule has 3 rings (SSSR count). The standard InChI is InChI=1S/C23H31FN2O4/c1-3-16-15-26(22(28)17-4-6-20(24)7-5-17)13-10-19(16)14-21(27)25-11-8-18(9-12-25)23(29)30-2/h4-7,16,18-19H,3,8-15H2,1-2H3/t16-,19-/m0/s1. The van der Waals surface area contributed by atoms with Crippen molar-refractivity contribution < 1.29 is 23.5 Å². The highest BCUT2D eigenvalue weighted by Gasteiger charge is 2.34. The number of carbonyl (C=O) groups excluding carboxylic acids is 3. The Balaban J connectivity index is 1.53. The number of halogens is 1. The lowest BCUT2D eigenvalue weighted by Crippen LogP contribution is -2.46. The van der Waals surface area contributed by atoms with E-state index in [0.717, 1.165) is 12.8 Å². The van der Waals surface area contributed by atoms with E-state index in [1.54, 1.807) is 0 Å². The third kappa shape index (κ3) is 5.18. The Morgan fingerprint density at radius 2 is 1.63 bits per heavy atom. The number of amides is 2. The van der Waals surface area contributed by atoms with Gasteiger partial charge in [0.05, 0.1) is 13.0 Å². The van der Waals surface area contributed by atoms with Crippen LogP contribution >= 0.6 is 0 Å². The summed E-state index contributed by atoms with van der Waals surface area (Å²) in [6, 6.07) is 5.65. The van der Waals surface area contributed by atoms with Crippen LogP contribution in [0.15, 0.2) is 24.3 Å². The number of methoxy groups -OCH3 is 1. The first-order chi connectivity index (χ1) is 14.4. The molecule has 6 nitrogen and oxygen atoms in total. The highest BCUT2D eigenvalue weighted by Crippen LogP contribution is 2.31. The molecule has 2 fully saturated rings. The number of benzene rings is 1. The minimum Gasteiger partial charge on any atom is -0.469 e. The van der Waals surface area contributed by atoms with Gasteiger partial charge in [0.2, 0.25) is 5.91 Å². The molecule has 1 aromatic carbocycles. The van der Waals surface area contributed by atoms with Crippen LogP contribution in [0.2, 0.25) is 0 Å². The van der Waals surface area contributed by atoms with Crippen LogP contribution < -0.4 is 0 Å². The fraction of sp³-hybridized carbons (Fsp3) is 0.609. The summed E-state index contributed by atoms with van der Waals surface area (Å²) in [5, 5.41) is 0. The van der Waals surface area contributed by atoms with Crippen LogP contribution in [0.25, 0.3) is 0 Å². The van der Waals surface area contributed by atoms with Crippen LogP contribution in [0.4, 0.5) is 4.39 Å². The maximum Gasteiger partial charge on any atom is 0.308 e. The van der Waals surface area contributed by atoms with Gasteiger partial charge in [-0.2, -0.15) is 0 Å². The normalized spacial score (nSPS) is 22.6. The lowest BCUT2D eigenvalue weighted by Gasteiger charge is -2.39. The molecule has 0 N–H and O–H groups in total. The molecule has 2 amide bonds. The zero-order valence-electron chi connectivity index (χ0n) is 17.8. The maximum atomic E-state index is 13.1. The quantitative estimate of drug-likeness (QED) is 0.689. The van der Waals surface area contributed by atoms with Gasteiger partial charge in [0.1, 0.15) is 5.82 Å². The van der Waals surface area contributed by atoms with Gasteiger partial charge in [-0.3, -0.25) is 14.4 Å². The highest BCUT2D eigenvalue weighted by atomic mass is 19.1. The molecule has 0 aliphatic carbocycles. The number of nitrogens with zero attached hydrogens (tertiary/aromatic N) is 2. The Kier molecular flexibility index (Phi) is 7.45. The van der Waals surface area contributed by atoms with Crippen molar-refractivity contribution in [1.82, 2.24) is 9.80 Å². The first kappa shape index (κ1) is 22.2. The van der Waals surface area contributed by atoms with Crippen molar-refractivity contribution in [2.24, 2.45) is 17.8 Å². The summed E-state index contributed by atoms with van der Waals surface area (Å²) in [5.74, 6) is -0.0821. The Hall–Kier alpha value is -2.44. The van der Waals surface area contributed by atoms with Crippen molar-refractivity contribution >= 4 is 17.8 Å². The van der Waals surface area contributed by atoms with Crippen LogP contribution in [-0.4, -0.2) is 60.9 Å². The molecule has 1 aromatic rings. The highest BCUT2D eigenvalue weighted by molar-refractivity contribution is 5.94. The Labute approximate surface area is 177 Å². The van der Waals surface area contributed by atoms with E-state index in [1.807, 2.05) is 9.80 Å². The van der Waals surface area contributed by atoms with E-state index in [9.17, 15) is 18.8 Å². The minimum atomic E-state index is -0.356. The molecule has 164 valence electrons. The molecule has 2 aliphatic heterocycles. The third-order valence-electron chi connectivity index (χ3n) is 6.61. The zero-order chi connectivity index (χ0) is 21.7. The van der Waals surface area contributed by atoms with Gasteiger partial charge in [-0.05, 0) is 55.4 Å². The van der Waals surface area contributed by atoms with E-state index in [4.69, 9.17) is 4.74 Å². The lowest BCUT2D eigenvalue weighted by molar-refractivity contribution is -0.149. The average molecular weight is 419 g/mol. The summed E-state index contributed by atoms with van der Waals surface area (Å²) in [7, 11) is 1.40. The van der Waals surface area contributed by atoms with Gasteiger partial charge in [-0.15, -0.1) is 0 Å². The van der Waals surface area contributed by atoms with Crippen molar-refractivity contribution in [3.05, 3.63) is 35.6 Å². The minimum absolute atomic E-state index is 0.0805. The summed E-state index contributed by atoms with van der Waals surface area (Å²) in [4.78, 5) is 40.9. The molecule has 0 bridgehead atoms. The molecule has 0 radical (unpaired) electrons. The number of piperidine rings is 2. The van der Waals surface area contributed by atoms with Gasteiger partial charge >= 0.3 is 5.97 Å². The zero-order valence-corrected chi connectivity index (χ0v) is 17.8. The summed E-state index contributed by atoms with van der Waals surface area (Å²) in [6.45, 7) is 4.51. The molecular weight excluding hydrogens is 387 g/mol. The van der Waals surface area contributed by atoms with Gasteiger partial charge in [0.25, 0.3) is 5.91 Å².